The van der Waals surface area contributed by atoms with E-state index >= 15 is 0 Å². The highest BCUT2D eigenvalue weighted by Gasteiger charge is 2.13. The minimum absolute atomic E-state index is 0.0633. The normalized spacial score (nSPS) is 13.4. The lowest BCUT2D eigenvalue weighted by Gasteiger charge is -2.32. The van der Waals surface area contributed by atoms with Crippen molar-refractivity contribution < 1.29 is 14.7 Å². The Morgan fingerprint density at radius 1 is 0.947 bits per heavy atom. The molecule has 0 aliphatic carbocycles. The van der Waals surface area contributed by atoms with E-state index in [0.29, 0.717) is 11.8 Å². The second-order valence-corrected chi connectivity index (χ2v) is 9.55. The molecule has 0 amide bonds. The number of piperazine rings is 1. The van der Waals surface area contributed by atoms with Gasteiger partial charge in [0.2, 0.25) is 0 Å². The van der Waals surface area contributed by atoms with Gasteiger partial charge in [0.1, 0.15) is 5.75 Å². The number of phenols is 1. The lowest BCUT2D eigenvalue weighted by atomic mass is 10.0. The summed E-state index contributed by atoms with van der Waals surface area (Å²) in [5, 5.41) is 12.5. The number of anilines is 1. The van der Waals surface area contributed by atoms with E-state index in [2.05, 4.69) is 48.1 Å². The molecule has 1 fully saturated rings. The van der Waals surface area contributed by atoms with Gasteiger partial charge in [0, 0.05) is 51.0 Å². The van der Waals surface area contributed by atoms with Crippen LogP contribution in [0.3, 0.4) is 0 Å². The van der Waals surface area contributed by atoms with Crippen molar-refractivity contribution in [1.82, 2.24) is 9.80 Å². The van der Waals surface area contributed by atoms with Crippen molar-refractivity contribution in [3.63, 3.8) is 0 Å². The Labute approximate surface area is 228 Å². The van der Waals surface area contributed by atoms with Gasteiger partial charge in [-0.2, -0.15) is 0 Å². The van der Waals surface area contributed by atoms with Crippen LogP contribution in [0.2, 0.25) is 0 Å². The number of aldehydes is 1. The maximum atomic E-state index is 11.4. The van der Waals surface area contributed by atoms with E-state index in [-0.39, 0.29) is 11.5 Å². The van der Waals surface area contributed by atoms with E-state index < -0.39 is 0 Å². The fourth-order valence-electron chi connectivity index (χ4n) is 4.08. The van der Waals surface area contributed by atoms with Gasteiger partial charge in [-0.15, -0.1) is 0 Å². The van der Waals surface area contributed by atoms with Gasteiger partial charge in [-0.3, -0.25) is 9.59 Å². The average molecular weight is 518 g/mol. The molecular weight excluding hydrogens is 474 g/mol. The van der Waals surface area contributed by atoms with Gasteiger partial charge < -0.3 is 20.2 Å². The summed E-state index contributed by atoms with van der Waals surface area (Å²) >= 11 is 0. The molecule has 0 saturated carbocycles. The summed E-state index contributed by atoms with van der Waals surface area (Å²) in [5.41, 5.74) is 5.35. The van der Waals surface area contributed by atoms with Crippen LogP contribution in [-0.2, 0) is 6.42 Å². The van der Waals surface area contributed by atoms with Crippen LogP contribution in [0.15, 0.2) is 66.7 Å². The molecule has 2 N–H and O–H groups in total. The minimum Gasteiger partial charge on any atom is -0.507 e. The molecule has 1 aliphatic heterocycles. The number of rotatable bonds is 7. The van der Waals surface area contributed by atoms with Crippen LogP contribution in [0.1, 0.15) is 53.5 Å². The smallest absolute Gasteiger partial charge is 0.161 e. The van der Waals surface area contributed by atoms with E-state index in [1.807, 2.05) is 49.5 Å². The largest absolute Gasteiger partial charge is 0.507 e. The van der Waals surface area contributed by atoms with E-state index in [4.69, 9.17) is 0 Å². The number of ketones is 1. The molecule has 1 saturated heterocycles. The molecule has 0 unspecified atom stereocenters. The molecule has 204 valence electrons. The highest BCUT2D eigenvalue weighted by molar-refractivity contribution is 6.00. The van der Waals surface area contributed by atoms with Gasteiger partial charge in [0.25, 0.3) is 0 Å². The molecule has 1 heterocycles. The van der Waals surface area contributed by atoms with Crippen LogP contribution in [-0.4, -0.2) is 73.8 Å². The molecule has 0 aromatic heterocycles. The Bertz CT molecular complexity index is 1140. The van der Waals surface area contributed by atoms with Crippen LogP contribution in [0.5, 0.6) is 5.75 Å². The Hall–Kier alpha value is -3.48. The van der Waals surface area contributed by atoms with Crippen molar-refractivity contribution in [2.24, 2.45) is 0 Å². The van der Waals surface area contributed by atoms with E-state index in [1.165, 1.54) is 6.42 Å². The fraction of sp³-hybridized carbons (Fsp3) is 0.375. The van der Waals surface area contributed by atoms with Crippen molar-refractivity contribution in [1.29, 1.82) is 0 Å². The van der Waals surface area contributed by atoms with Gasteiger partial charge in [-0.1, -0.05) is 62.7 Å². The average Bonchev–Trinajstić information content (AvgIpc) is 2.94. The van der Waals surface area contributed by atoms with Crippen LogP contribution in [0.25, 0.3) is 11.1 Å². The highest BCUT2D eigenvalue weighted by atomic mass is 16.3. The minimum atomic E-state index is 0.0633. The van der Waals surface area contributed by atoms with Gasteiger partial charge in [-0.05, 0) is 61.3 Å². The van der Waals surface area contributed by atoms with Crippen LogP contribution in [0.4, 0.5) is 5.69 Å². The third-order valence-corrected chi connectivity index (χ3v) is 6.31. The van der Waals surface area contributed by atoms with E-state index in [1.54, 1.807) is 19.1 Å². The Morgan fingerprint density at radius 2 is 1.61 bits per heavy atom. The zero-order valence-electron chi connectivity index (χ0n) is 23.5. The second kappa shape index (κ2) is 16.4. The van der Waals surface area contributed by atoms with E-state index in [0.717, 1.165) is 67.1 Å². The second-order valence-electron chi connectivity index (χ2n) is 9.55. The predicted octanol–water partition coefficient (Wildman–Crippen LogP) is 6.01. The quantitative estimate of drug-likeness (QED) is 0.295. The summed E-state index contributed by atoms with van der Waals surface area (Å²) in [6.45, 7) is 11.3. The molecule has 0 radical (unpaired) electrons. The SMILES string of the molecule is CCC.CN1CCN(CCc2ccc(O)c(C=O)c2)CC1.CNc1cc(-c2ccccc2)ccc1C(C)=O. The molecule has 38 heavy (non-hydrogen) atoms. The van der Waals surface area contributed by atoms with Crippen LogP contribution < -0.4 is 5.32 Å². The number of hydrogen-bond acceptors (Lipinski definition) is 6. The standard InChI is InChI=1S/C15H15NO.C14H20N2O2.C3H8/c1-11(17)14-9-8-13(10-15(14)16-2)12-6-4-3-5-7-12;1-15-6-8-16(9-7-15)5-4-12-2-3-14(18)13(10-12)11-17;1-3-2/h3-10,16H,1-2H3;2-3,10-11,18H,4-9H2,1H3;3H2,1-2H3. The number of hydrogen-bond donors (Lipinski definition) is 2. The topological polar surface area (TPSA) is 72.9 Å². The molecule has 1 aliphatic rings. The van der Waals surface area contributed by atoms with Gasteiger partial charge in [0.15, 0.2) is 12.1 Å². The monoisotopic (exact) mass is 517 g/mol. The first-order valence-electron chi connectivity index (χ1n) is 13.4. The van der Waals surface area contributed by atoms with Crippen molar-refractivity contribution >= 4 is 17.8 Å². The lowest BCUT2D eigenvalue weighted by molar-refractivity contribution is 0.101. The third-order valence-electron chi connectivity index (χ3n) is 6.31. The number of likely N-dealkylation sites (N-methyl/N-ethyl adjacent to an activating group) is 1. The number of nitrogens with zero attached hydrogens (tertiary/aromatic N) is 2. The number of Topliss-reactive ketones (excluding diaryl/α,β-unsaturated/α-hetero) is 1. The Balaban J connectivity index is 0.000000242. The highest BCUT2D eigenvalue weighted by Crippen LogP contribution is 2.25. The first-order chi connectivity index (χ1) is 18.3. The predicted molar refractivity (Wildman–Crippen MR) is 159 cm³/mol. The molecule has 3 aromatic rings. The number of carbonyl (C=O) groups is 2. The van der Waals surface area contributed by atoms with Crippen molar-refractivity contribution in [2.75, 3.05) is 52.1 Å². The zero-order valence-corrected chi connectivity index (χ0v) is 23.5. The molecule has 3 aromatic carbocycles. The molecule has 0 spiro atoms. The lowest BCUT2D eigenvalue weighted by Crippen LogP contribution is -2.45. The summed E-state index contributed by atoms with van der Waals surface area (Å²) in [5.74, 6) is 0.141. The molecular formula is C32H43N3O3. The first kappa shape index (κ1) is 30.7. The number of benzene rings is 3. The van der Waals surface area contributed by atoms with Crippen molar-refractivity contribution in [3.05, 3.63) is 83.4 Å². The number of carbonyl (C=O) groups excluding carboxylic acids is 2. The maximum Gasteiger partial charge on any atom is 0.161 e. The van der Waals surface area contributed by atoms with Gasteiger partial charge in [0.05, 0.1) is 5.56 Å². The van der Waals surface area contributed by atoms with Gasteiger partial charge in [-0.25, -0.2) is 0 Å². The zero-order chi connectivity index (χ0) is 27.9. The number of nitrogens with one attached hydrogen (secondary N) is 1. The first-order valence-corrected chi connectivity index (χ1v) is 13.4. The molecule has 6 nitrogen and oxygen atoms in total. The molecule has 4 rings (SSSR count). The summed E-state index contributed by atoms with van der Waals surface area (Å²) in [6.07, 6.45) is 2.87. The molecule has 0 atom stereocenters. The number of phenolic OH excluding ortho intramolecular Hbond substituents is 1. The Kier molecular flexibility index (Phi) is 13.3. The summed E-state index contributed by atoms with van der Waals surface area (Å²) in [6, 6.07) is 21.2. The third kappa shape index (κ3) is 9.77. The summed E-state index contributed by atoms with van der Waals surface area (Å²) in [4.78, 5) is 27.0. The maximum absolute atomic E-state index is 11.4. The summed E-state index contributed by atoms with van der Waals surface area (Å²) < 4.78 is 0. The molecule has 6 heteroatoms. The van der Waals surface area contributed by atoms with E-state index in [9.17, 15) is 14.7 Å². The van der Waals surface area contributed by atoms with Gasteiger partial charge >= 0.3 is 0 Å². The number of aromatic hydroxyl groups is 1. The van der Waals surface area contributed by atoms with Crippen molar-refractivity contribution in [3.8, 4) is 16.9 Å². The fourth-order valence-corrected chi connectivity index (χ4v) is 4.08. The van der Waals surface area contributed by atoms with Crippen LogP contribution >= 0.6 is 0 Å². The molecule has 0 bridgehead atoms. The van der Waals surface area contributed by atoms with Crippen LogP contribution in [0, 0.1) is 0 Å². The Morgan fingerprint density at radius 3 is 2.18 bits per heavy atom. The summed E-state index contributed by atoms with van der Waals surface area (Å²) in [7, 11) is 3.98. The van der Waals surface area contributed by atoms with Crippen molar-refractivity contribution in [2.45, 2.75) is 33.6 Å².